The molecule has 0 aliphatic heterocycles. The van der Waals surface area contributed by atoms with Crippen molar-refractivity contribution in [1.82, 2.24) is 9.78 Å². The van der Waals surface area contributed by atoms with Crippen LogP contribution in [0.3, 0.4) is 0 Å². The van der Waals surface area contributed by atoms with Gasteiger partial charge in [0.2, 0.25) is 5.91 Å². The van der Waals surface area contributed by atoms with Crippen LogP contribution in [0, 0.1) is 6.92 Å². The first-order chi connectivity index (χ1) is 12.0. The summed E-state index contributed by atoms with van der Waals surface area (Å²) in [7, 11) is -3.40. The Morgan fingerprint density at radius 3 is 2.46 bits per heavy atom. The molecule has 1 aromatic heterocycles. The van der Waals surface area contributed by atoms with Gasteiger partial charge in [0.25, 0.3) is 0 Å². The van der Waals surface area contributed by atoms with Gasteiger partial charge in [0.05, 0.1) is 17.1 Å². The molecule has 0 bridgehead atoms. The molecule has 2 aromatic rings. The average Bonchev–Trinajstić information content (AvgIpc) is 2.90. The lowest BCUT2D eigenvalue weighted by molar-refractivity contribution is -0.113. The number of para-hydroxylation sites is 1. The van der Waals surface area contributed by atoms with Crippen LogP contribution in [0.25, 0.3) is 5.69 Å². The van der Waals surface area contributed by atoms with E-state index >= 15 is 0 Å². The molecule has 0 fully saturated rings. The van der Waals surface area contributed by atoms with E-state index in [2.05, 4.69) is 10.4 Å². The number of amides is 1. The number of carbonyl (C=O) groups excluding carboxylic acids is 1. The highest BCUT2D eigenvalue weighted by molar-refractivity contribution is 7.92. The molecule has 0 aliphatic rings. The summed E-state index contributed by atoms with van der Waals surface area (Å²) in [6.45, 7) is 9.85. The molecule has 0 aliphatic carbocycles. The van der Waals surface area contributed by atoms with Gasteiger partial charge in [-0.25, -0.2) is 13.1 Å². The summed E-state index contributed by atoms with van der Waals surface area (Å²) < 4.78 is 25.5. The van der Waals surface area contributed by atoms with Crippen molar-refractivity contribution in [3.8, 4) is 5.69 Å². The Morgan fingerprint density at radius 1 is 1.23 bits per heavy atom. The molecule has 1 aromatic carbocycles. The van der Waals surface area contributed by atoms with Gasteiger partial charge in [0, 0.05) is 11.5 Å². The Hall–Kier alpha value is -2.15. The lowest BCUT2D eigenvalue weighted by Crippen LogP contribution is -2.25. The first kappa shape index (κ1) is 20.2. The highest BCUT2D eigenvalue weighted by Gasteiger charge is 2.23. The molecule has 0 saturated heterocycles. The topological polar surface area (TPSA) is 81.1 Å². The zero-order valence-corrected chi connectivity index (χ0v) is 16.9. The number of sulfone groups is 1. The molecule has 0 spiro atoms. The van der Waals surface area contributed by atoms with Crippen molar-refractivity contribution in [2.24, 2.45) is 0 Å². The summed E-state index contributed by atoms with van der Waals surface area (Å²) in [4.78, 5) is 12.3. The summed E-state index contributed by atoms with van der Waals surface area (Å²) in [6.07, 6.45) is 0.491. The number of hydrogen-bond acceptors (Lipinski definition) is 4. The van der Waals surface area contributed by atoms with Crippen molar-refractivity contribution in [1.29, 1.82) is 0 Å². The molecule has 1 N–H and O–H groups in total. The van der Waals surface area contributed by atoms with Gasteiger partial charge in [-0.1, -0.05) is 45.9 Å². The van der Waals surface area contributed by atoms with Crippen molar-refractivity contribution in [3.63, 3.8) is 0 Å². The second kappa shape index (κ2) is 7.61. The van der Waals surface area contributed by atoms with Crippen LogP contribution in [0.1, 0.15) is 45.4 Å². The SMILES string of the molecule is CCCS(=O)(=O)CC(=O)Nc1cc(C(C)(C)C)nn1-c1ccccc1C. The molecule has 1 amide bonds. The third kappa shape index (κ3) is 4.94. The fourth-order valence-electron chi connectivity index (χ4n) is 2.58. The number of rotatable bonds is 6. The molecule has 7 heteroatoms. The average molecular weight is 378 g/mol. The standard InChI is InChI=1S/C19H27N3O3S/c1-6-11-26(24,25)13-18(23)20-17-12-16(19(3,4)5)21-22(17)15-10-8-7-9-14(15)2/h7-10,12H,6,11,13H2,1-5H3,(H,20,23). The van der Waals surface area contributed by atoms with Crippen molar-refractivity contribution in [2.45, 2.75) is 46.5 Å². The molecular formula is C19H27N3O3S. The van der Waals surface area contributed by atoms with Gasteiger partial charge in [-0.05, 0) is 25.0 Å². The number of aromatic nitrogens is 2. The van der Waals surface area contributed by atoms with Gasteiger partial charge in [-0.3, -0.25) is 4.79 Å². The van der Waals surface area contributed by atoms with Gasteiger partial charge in [-0.2, -0.15) is 5.10 Å². The number of carbonyl (C=O) groups is 1. The smallest absolute Gasteiger partial charge is 0.240 e. The van der Waals surface area contributed by atoms with Crippen molar-refractivity contribution in [3.05, 3.63) is 41.6 Å². The van der Waals surface area contributed by atoms with Gasteiger partial charge in [0.15, 0.2) is 9.84 Å². The van der Waals surface area contributed by atoms with Crippen molar-refractivity contribution in [2.75, 3.05) is 16.8 Å². The first-order valence-electron chi connectivity index (χ1n) is 8.70. The Balaban J connectivity index is 2.40. The predicted molar refractivity (Wildman–Crippen MR) is 105 cm³/mol. The Kier molecular flexibility index (Phi) is 5.91. The molecule has 26 heavy (non-hydrogen) atoms. The number of nitrogens with one attached hydrogen (secondary N) is 1. The lowest BCUT2D eigenvalue weighted by atomic mass is 9.92. The Bertz CT molecular complexity index is 893. The fourth-order valence-corrected chi connectivity index (χ4v) is 3.82. The summed E-state index contributed by atoms with van der Waals surface area (Å²) in [5, 5.41) is 7.38. The summed E-state index contributed by atoms with van der Waals surface area (Å²) in [5.41, 5.74) is 2.45. The van der Waals surface area contributed by atoms with Crippen LogP contribution >= 0.6 is 0 Å². The van der Waals surface area contributed by atoms with E-state index < -0.39 is 21.5 Å². The second-order valence-corrected chi connectivity index (χ2v) is 9.69. The summed E-state index contributed by atoms with van der Waals surface area (Å²) in [5.74, 6) is -0.593. The van der Waals surface area contributed by atoms with Gasteiger partial charge < -0.3 is 5.32 Å². The maximum absolute atomic E-state index is 12.3. The Morgan fingerprint density at radius 2 is 1.88 bits per heavy atom. The molecule has 2 rings (SSSR count). The van der Waals surface area contributed by atoms with E-state index in [-0.39, 0.29) is 11.2 Å². The monoisotopic (exact) mass is 377 g/mol. The van der Waals surface area contributed by atoms with Gasteiger partial charge in [0.1, 0.15) is 11.6 Å². The number of hydrogen-bond donors (Lipinski definition) is 1. The van der Waals surface area contributed by atoms with E-state index in [0.29, 0.717) is 12.2 Å². The minimum atomic E-state index is -3.40. The van der Waals surface area contributed by atoms with E-state index in [1.54, 1.807) is 17.7 Å². The number of nitrogens with zero attached hydrogens (tertiary/aromatic N) is 2. The number of anilines is 1. The predicted octanol–water partition coefficient (Wildman–Crippen LogP) is 3.24. The quantitative estimate of drug-likeness (QED) is 0.838. The summed E-state index contributed by atoms with van der Waals surface area (Å²) >= 11 is 0. The number of benzene rings is 1. The minimum absolute atomic E-state index is 0.00468. The first-order valence-corrected chi connectivity index (χ1v) is 10.5. The second-order valence-electron chi connectivity index (χ2n) is 7.50. The molecule has 0 unspecified atom stereocenters. The van der Waals surface area contributed by atoms with Crippen LogP contribution in [-0.4, -0.2) is 35.6 Å². The molecule has 0 atom stereocenters. The van der Waals surface area contributed by atoms with Gasteiger partial charge >= 0.3 is 0 Å². The van der Waals surface area contributed by atoms with Crippen LogP contribution < -0.4 is 5.32 Å². The highest BCUT2D eigenvalue weighted by atomic mass is 32.2. The Labute approximate surface area is 155 Å². The maximum atomic E-state index is 12.3. The van der Waals surface area contributed by atoms with Crippen LogP contribution in [0.15, 0.2) is 30.3 Å². The normalized spacial score (nSPS) is 12.2. The van der Waals surface area contributed by atoms with E-state index in [1.165, 1.54) is 0 Å². The molecule has 142 valence electrons. The van der Waals surface area contributed by atoms with Crippen LogP contribution in [-0.2, 0) is 20.0 Å². The van der Waals surface area contributed by atoms with Crippen LogP contribution in [0.2, 0.25) is 0 Å². The molecule has 6 nitrogen and oxygen atoms in total. The van der Waals surface area contributed by atoms with Crippen LogP contribution in [0.5, 0.6) is 0 Å². The zero-order chi connectivity index (χ0) is 19.5. The third-order valence-electron chi connectivity index (χ3n) is 3.96. The van der Waals surface area contributed by atoms with Crippen LogP contribution in [0.4, 0.5) is 5.82 Å². The zero-order valence-electron chi connectivity index (χ0n) is 16.0. The van der Waals surface area contributed by atoms with E-state index in [0.717, 1.165) is 16.9 Å². The largest absolute Gasteiger partial charge is 0.310 e. The van der Waals surface area contributed by atoms with Gasteiger partial charge in [-0.15, -0.1) is 0 Å². The maximum Gasteiger partial charge on any atom is 0.240 e. The highest BCUT2D eigenvalue weighted by Crippen LogP contribution is 2.27. The van der Waals surface area contributed by atoms with E-state index in [9.17, 15) is 13.2 Å². The summed E-state index contributed by atoms with van der Waals surface area (Å²) in [6, 6.07) is 9.51. The third-order valence-corrected chi connectivity index (χ3v) is 5.69. The molecule has 1 heterocycles. The fraction of sp³-hybridized carbons (Fsp3) is 0.474. The minimum Gasteiger partial charge on any atom is -0.310 e. The van der Waals surface area contributed by atoms with Crippen molar-refractivity contribution < 1.29 is 13.2 Å². The molecule has 0 saturated carbocycles. The molecule has 0 radical (unpaired) electrons. The van der Waals surface area contributed by atoms with E-state index in [1.807, 2.05) is 52.0 Å². The lowest BCUT2D eigenvalue weighted by Gasteiger charge is -2.14. The van der Waals surface area contributed by atoms with Crippen molar-refractivity contribution >= 4 is 21.6 Å². The number of aryl methyl sites for hydroxylation is 1. The molecular weight excluding hydrogens is 350 g/mol. The van der Waals surface area contributed by atoms with E-state index in [4.69, 9.17) is 0 Å².